The Hall–Kier alpha value is -1.03. The Morgan fingerprint density at radius 1 is 1.50 bits per heavy atom. The molecule has 0 bridgehead atoms. The van der Waals surface area contributed by atoms with E-state index in [4.69, 9.17) is 4.74 Å². The minimum absolute atomic E-state index is 0.0702. The predicted molar refractivity (Wildman–Crippen MR) is 67.9 cm³/mol. The highest BCUT2D eigenvalue weighted by molar-refractivity contribution is 9.10. The summed E-state index contributed by atoms with van der Waals surface area (Å²) in [6, 6.07) is 5.35. The second-order valence-corrected chi connectivity index (χ2v) is 4.31. The summed E-state index contributed by atoms with van der Waals surface area (Å²) in [5, 5.41) is 2.87. The second kappa shape index (κ2) is 6.53. The van der Waals surface area contributed by atoms with Crippen LogP contribution in [-0.2, 0) is 0 Å². The molecule has 0 saturated heterocycles. The summed E-state index contributed by atoms with van der Waals surface area (Å²) in [4.78, 5) is 11.8. The van der Waals surface area contributed by atoms with Crippen LogP contribution in [0.4, 0.5) is 0 Å². The first-order valence-electron chi connectivity index (χ1n) is 5.30. The van der Waals surface area contributed by atoms with Crippen molar-refractivity contribution in [3.8, 4) is 5.75 Å². The Balaban J connectivity index is 2.73. The molecule has 0 radical (unpaired) electrons. The molecule has 3 nitrogen and oxygen atoms in total. The molecule has 0 atom stereocenters. The van der Waals surface area contributed by atoms with Crippen molar-refractivity contribution in [1.82, 2.24) is 5.32 Å². The number of nitrogens with one attached hydrogen (secondary N) is 1. The molecule has 1 aromatic rings. The molecule has 88 valence electrons. The van der Waals surface area contributed by atoms with Gasteiger partial charge in [0.2, 0.25) is 0 Å². The van der Waals surface area contributed by atoms with Crippen LogP contribution in [0.1, 0.15) is 30.1 Å². The average Bonchev–Trinajstić information content (AvgIpc) is 2.30. The molecule has 1 aromatic carbocycles. The zero-order valence-electron chi connectivity index (χ0n) is 9.55. The molecule has 16 heavy (non-hydrogen) atoms. The Bertz CT molecular complexity index is 366. The molecule has 1 amide bonds. The number of carbonyl (C=O) groups excluding carboxylic acids is 1. The maximum absolute atomic E-state index is 11.8. The van der Waals surface area contributed by atoms with Crippen molar-refractivity contribution in [3.63, 3.8) is 0 Å². The topological polar surface area (TPSA) is 38.3 Å². The fraction of sp³-hybridized carbons (Fsp3) is 0.417. The maximum atomic E-state index is 11.8. The molecule has 1 rings (SSSR count). The van der Waals surface area contributed by atoms with Gasteiger partial charge in [-0.25, -0.2) is 0 Å². The Labute approximate surface area is 104 Å². The van der Waals surface area contributed by atoms with Crippen LogP contribution in [-0.4, -0.2) is 19.6 Å². The molecular formula is C12H16BrNO2. The van der Waals surface area contributed by atoms with Crippen molar-refractivity contribution < 1.29 is 9.53 Å². The number of benzene rings is 1. The maximum Gasteiger partial charge on any atom is 0.252 e. The zero-order valence-corrected chi connectivity index (χ0v) is 11.1. The lowest BCUT2D eigenvalue weighted by Gasteiger charge is -2.08. The first-order chi connectivity index (χ1) is 7.69. The van der Waals surface area contributed by atoms with Crippen molar-refractivity contribution in [3.05, 3.63) is 28.2 Å². The molecule has 1 N–H and O–H groups in total. The van der Waals surface area contributed by atoms with Crippen molar-refractivity contribution in [2.75, 3.05) is 13.7 Å². The van der Waals surface area contributed by atoms with Crippen molar-refractivity contribution in [1.29, 1.82) is 0 Å². The fourth-order valence-electron chi connectivity index (χ4n) is 1.28. The minimum atomic E-state index is -0.0702. The summed E-state index contributed by atoms with van der Waals surface area (Å²) < 4.78 is 5.86. The average molecular weight is 286 g/mol. The molecule has 0 spiro atoms. The van der Waals surface area contributed by atoms with E-state index in [1.54, 1.807) is 13.2 Å². The summed E-state index contributed by atoms with van der Waals surface area (Å²) in [6.45, 7) is 2.80. The predicted octanol–water partition coefficient (Wildman–Crippen LogP) is 2.99. The van der Waals surface area contributed by atoms with Crippen LogP contribution in [0.2, 0.25) is 0 Å². The normalized spacial score (nSPS) is 9.94. The molecule has 0 aliphatic heterocycles. The number of hydrogen-bond donors (Lipinski definition) is 1. The van der Waals surface area contributed by atoms with Crippen LogP contribution >= 0.6 is 15.9 Å². The van der Waals surface area contributed by atoms with Gasteiger partial charge in [0.15, 0.2) is 0 Å². The van der Waals surface area contributed by atoms with E-state index >= 15 is 0 Å². The standard InChI is InChI=1S/C12H16BrNO2/c1-3-4-7-14-12(15)10-8-9(16-2)5-6-11(10)13/h5-6,8H,3-4,7H2,1-2H3,(H,14,15). The summed E-state index contributed by atoms with van der Waals surface area (Å²) in [5.74, 6) is 0.614. The van der Waals surface area contributed by atoms with Gasteiger partial charge in [-0.2, -0.15) is 0 Å². The van der Waals surface area contributed by atoms with E-state index in [0.717, 1.165) is 17.3 Å². The van der Waals surface area contributed by atoms with E-state index in [0.29, 0.717) is 17.9 Å². The minimum Gasteiger partial charge on any atom is -0.497 e. The molecule has 0 aliphatic rings. The van der Waals surface area contributed by atoms with Gasteiger partial charge < -0.3 is 10.1 Å². The van der Waals surface area contributed by atoms with E-state index < -0.39 is 0 Å². The van der Waals surface area contributed by atoms with Crippen LogP contribution in [0.25, 0.3) is 0 Å². The number of amides is 1. The summed E-state index contributed by atoms with van der Waals surface area (Å²) >= 11 is 3.35. The molecule has 0 fully saturated rings. The van der Waals surface area contributed by atoms with Crippen LogP contribution in [0.5, 0.6) is 5.75 Å². The number of rotatable bonds is 5. The largest absolute Gasteiger partial charge is 0.497 e. The van der Waals surface area contributed by atoms with E-state index in [2.05, 4.69) is 28.2 Å². The van der Waals surface area contributed by atoms with Gasteiger partial charge in [-0.3, -0.25) is 4.79 Å². The Morgan fingerprint density at radius 2 is 2.25 bits per heavy atom. The molecule has 4 heteroatoms. The summed E-state index contributed by atoms with van der Waals surface area (Å²) in [7, 11) is 1.59. The molecule has 0 heterocycles. The summed E-state index contributed by atoms with van der Waals surface area (Å²) in [6.07, 6.45) is 2.06. The highest BCUT2D eigenvalue weighted by atomic mass is 79.9. The van der Waals surface area contributed by atoms with Crippen LogP contribution in [0.15, 0.2) is 22.7 Å². The first kappa shape index (κ1) is 13.0. The third-order valence-electron chi connectivity index (χ3n) is 2.23. The summed E-state index contributed by atoms with van der Waals surface area (Å²) in [5.41, 5.74) is 0.607. The van der Waals surface area contributed by atoms with Crippen molar-refractivity contribution >= 4 is 21.8 Å². The second-order valence-electron chi connectivity index (χ2n) is 3.46. The fourth-order valence-corrected chi connectivity index (χ4v) is 1.71. The lowest BCUT2D eigenvalue weighted by atomic mass is 10.2. The molecular weight excluding hydrogens is 270 g/mol. The molecule has 0 saturated carbocycles. The Morgan fingerprint density at radius 3 is 2.88 bits per heavy atom. The number of carbonyl (C=O) groups is 1. The van der Waals surface area contributed by atoms with Crippen LogP contribution in [0.3, 0.4) is 0 Å². The first-order valence-corrected chi connectivity index (χ1v) is 6.10. The van der Waals surface area contributed by atoms with Gasteiger partial charge in [-0.1, -0.05) is 13.3 Å². The van der Waals surface area contributed by atoms with Crippen molar-refractivity contribution in [2.45, 2.75) is 19.8 Å². The van der Waals surface area contributed by atoms with Gasteiger partial charge in [-0.05, 0) is 40.5 Å². The van der Waals surface area contributed by atoms with Crippen LogP contribution < -0.4 is 10.1 Å². The molecule has 0 aromatic heterocycles. The van der Waals surface area contributed by atoms with Gasteiger partial charge in [0, 0.05) is 11.0 Å². The highest BCUT2D eigenvalue weighted by Gasteiger charge is 2.10. The number of halogens is 1. The number of unbranched alkanes of at least 4 members (excludes halogenated alkanes) is 1. The Kier molecular flexibility index (Phi) is 5.32. The SMILES string of the molecule is CCCCNC(=O)c1cc(OC)ccc1Br. The number of methoxy groups -OCH3 is 1. The quantitative estimate of drug-likeness (QED) is 0.845. The van der Waals surface area contributed by atoms with Gasteiger partial charge >= 0.3 is 0 Å². The van der Waals surface area contributed by atoms with E-state index in [1.165, 1.54) is 0 Å². The van der Waals surface area contributed by atoms with Gasteiger partial charge in [0.05, 0.1) is 12.7 Å². The van der Waals surface area contributed by atoms with Crippen LogP contribution in [0, 0.1) is 0 Å². The lowest BCUT2D eigenvalue weighted by molar-refractivity contribution is 0.0952. The molecule has 0 unspecified atom stereocenters. The third kappa shape index (κ3) is 3.52. The molecule has 0 aliphatic carbocycles. The highest BCUT2D eigenvalue weighted by Crippen LogP contribution is 2.22. The van der Waals surface area contributed by atoms with E-state index in [9.17, 15) is 4.79 Å². The van der Waals surface area contributed by atoms with Gasteiger partial charge in [0.25, 0.3) is 5.91 Å². The lowest BCUT2D eigenvalue weighted by Crippen LogP contribution is -2.24. The zero-order chi connectivity index (χ0) is 12.0. The van der Waals surface area contributed by atoms with Crippen molar-refractivity contribution in [2.24, 2.45) is 0 Å². The van der Waals surface area contributed by atoms with E-state index in [1.807, 2.05) is 12.1 Å². The number of hydrogen-bond acceptors (Lipinski definition) is 2. The number of ether oxygens (including phenoxy) is 1. The monoisotopic (exact) mass is 285 g/mol. The van der Waals surface area contributed by atoms with Gasteiger partial charge in [0.1, 0.15) is 5.75 Å². The third-order valence-corrected chi connectivity index (χ3v) is 2.93. The smallest absolute Gasteiger partial charge is 0.252 e. The van der Waals surface area contributed by atoms with Gasteiger partial charge in [-0.15, -0.1) is 0 Å². The van der Waals surface area contributed by atoms with E-state index in [-0.39, 0.29) is 5.91 Å².